The van der Waals surface area contributed by atoms with Crippen molar-refractivity contribution in [3.63, 3.8) is 0 Å². The molecule has 0 fully saturated rings. The molecule has 0 saturated heterocycles. The summed E-state index contributed by atoms with van der Waals surface area (Å²) in [6, 6.07) is 11.8. The summed E-state index contributed by atoms with van der Waals surface area (Å²) in [4.78, 5) is 11.8. The Morgan fingerprint density at radius 1 is 1.21 bits per heavy atom. The Balaban J connectivity index is 1.93. The van der Waals surface area contributed by atoms with E-state index in [0.717, 1.165) is 17.7 Å². The highest BCUT2D eigenvalue weighted by molar-refractivity contribution is 5.76. The second-order valence-electron chi connectivity index (χ2n) is 5.29. The molecule has 3 nitrogen and oxygen atoms in total. The summed E-state index contributed by atoms with van der Waals surface area (Å²) in [6.07, 6.45) is 4.13. The summed E-state index contributed by atoms with van der Waals surface area (Å²) in [5.74, 6) is 0.0279. The van der Waals surface area contributed by atoms with Crippen molar-refractivity contribution in [1.82, 2.24) is 0 Å². The number of aryl methyl sites for hydroxylation is 1. The van der Waals surface area contributed by atoms with Gasteiger partial charge in [0.1, 0.15) is 5.76 Å². The quantitative estimate of drug-likeness (QED) is 0.918. The summed E-state index contributed by atoms with van der Waals surface area (Å²) >= 11 is 0. The van der Waals surface area contributed by atoms with Crippen molar-refractivity contribution in [2.24, 2.45) is 5.41 Å². The molecule has 1 atom stereocenters. The van der Waals surface area contributed by atoms with E-state index >= 15 is 0 Å². The van der Waals surface area contributed by atoms with E-state index in [4.69, 9.17) is 4.42 Å². The summed E-state index contributed by atoms with van der Waals surface area (Å²) in [6.45, 7) is 0. The smallest absolute Gasteiger partial charge is 0.310 e. The first-order chi connectivity index (χ1) is 9.20. The molecule has 0 aliphatic heterocycles. The number of carboxylic acid groups (broad SMARTS) is 1. The Labute approximate surface area is 111 Å². The van der Waals surface area contributed by atoms with Gasteiger partial charge < -0.3 is 9.52 Å². The van der Waals surface area contributed by atoms with Gasteiger partial charge in [0.2, 0.25) is 0 Å². The first-order valence-electron chi connectivity index (χ1n) is 6.52. The highest BCUT2D eigenvalue weighted by Crippen LogP contribution is 2.38. The van der Waals surface area contributed by atoms with Gasteiger partial charge >= 0.3 is 5.97 Å². The van der Waals surface area contributed by atoms with Crippen LogP contribution in [0.5, 0.6) is 0 Å². The third-order valence-electron chi connectivity index (χ3n) is 4.07. The maximum Gasteiger partial charge on any atom is 0.310 e. The van der Waals surface area contributed by atoms with Crippen molar-refractivity contribution in [3.05, 3.63) is 59.5 Å². The predicted molar refractivity (Wildman–Crippen MR) is 70.9 cm³/mol. The van der Waals surface area contributed by atoms with E-state index in [1.54, 1.807) is 6.26 Å². The Morgan fingerprint density at radius 2 is 2.00 bits per heavy atom. The van der Waals surface area contributed by atoms with Gasteiger partial charge in [-0.25, -0.2) is 0 Å². The molecule has 19 heavy (non-hydrogen) atoms. The van der Waals surface area contributed by atoms with E-state index in [2.05, 4.69) is 6.07 Å². The van der Waals surface area contributed by atoms with Gasteiger partial charge in [-0.1, -0.05) is 24.3 Å². The zero-order valence-corrected chi connectivity index (χ0v) is 10.6. The molecule has 1 heterocycles. The molecule has 1 aromatic carbocycles. The normalized spacial score (nSPS) is 21.9. The monoisotopic (exact) mass is 256 g/mol. The summed E-state index contributed by atoms with van der Waals surface area (Å²) in [5.41, 5.74) is 1.70. The van der Waals surface area contributed by atoms with E-state index < -0.39 is 11.4 Å². The molecule has 0 spiro atoms. The van der Waals surface area contributed by atoms with E-state index in [9.17, 15) is 9.90 Å². The minimum absolute atomic E-state index is 0.462. The molecular formula is C16H16O3. The van der Waals surface area contributed by atoms with Crippen LogP contribution in [0.3, 0.4) is 0 Å². The topological polar surface area (TPSA) is 50.4 Å². The molecule has 0 radical (unpaired) electrons. The molecule has 1 unspecified atom stereocenters. The lowest BCUT2D eigenvalue weighted by Crippen LogP contribution is -2.38. The number of hydrogen-bond acceptors (Lipinski definition) is 2. The van der Waals surface area contributed by atoms with Crippen LogP contribution in [-0.2, 0) is 24.1 Å². The number of aliphatic carboxylic acids is 1. The van der Waals surface area contributed by atoms with Crippen LogP contribution < -0.4 is 0 Å². The summed E-state index contributed by atoms with van der Waals surface area (Å²) in [5, 5.41) is 9.67. The number of carbonyl (C=O) groups is 1. The van der Waals surface area contributed by atoms with E-state index in [0.29, 0.717) is 19.3 Å². The van der Waals surface area contributed by atoms with Gasteiger partial charge in [0.05, 0.1) is 11.7 Å². The fourth-order valence-corrected chi connectivity index (χ4v) is 2.96. The fourth-order valence-electron chi connectivity index (χ4n) is 2.96. The Morgan fingerprint density at radius 3 is 2.68 bits per heavy atom. The highest BCUT2D eigenvalue weighted by Gasteiger charge is 2.42. The molecule has 98 valence electrons. The van der Waals surface area contributed by atoms with E-state index in [1.165, 1.54) is 5.56 Å². The maximum absolute atomic E-state index is 11.8. The fraction of sp³-hybridized carbons (Fsp3) is 0.312. The molecule has 0 saturated carbocycles. The van der Waals surface area contributed by atoms with Crippen LogP contribution in [-0.4, -0.2) is 11.1 Å². The van der Waals surface area contributed by atoms with Crippen LogP contribution in [0.2, 0.25) is 0 Å². The molecule has 1 N–H and O–H groups in total. The molecule has 0 bridgehead atoms. The number of carboxylic acids is 1. The lowest BCUT2D eigenvalue weighted by molar-refractivity contribution is -0.150. The molecule has 0 amide bonds. The number of furan rings is 1. The minimum atomic E-state index is -0.730. The first-order valence-corrected chi connectivity index (χ1v) is 6.52. The van der Waals surface area contributed by atoms with Gasteiger partial charge in [-0.15, -0.1) is 0 Å². The average molecular weight is 256 g/mol. The molecular weight excluding hydrogens is 240 g/mol. The second-order valence-corrected chi connectivity index (χ2v) is 5.29. The lowest BCUT2D eigenvalue weighted by Gasteiger charge is -2.33. The van der Waals surface area contributed by atoms with Crippen molar-refractivity contribution < 1.29 is 14.3 Å². The van der Waals surface area contributed by atoms with Crippen molar-refractivity contribution in [2.75, 3.05) is 0 Å². The third-order valence-corrected chi connectivity index (χ3v) is 4.07. The summed E-state index contributed by atoms with van der Waals surface area (Å²) in [7, 11) is 0. The first kappa shape index (κ1) is 12.0. The maximum atomic E-state index is 11.8. The number of benzene rings is 1. The Kier molecular flexibility index (Phi) is 2.90. The van der Waals surface area contributed by atoms with Crippen molar-refractivity contribution >= 4 is 5.97 Å². The molecule has 3 rings (SSSR count). The van der Waals surface area contributed by atoms with Crippen LogP contribution in [0.4, 0.5) is 0 Å². The van der Waals surface area contributed by atoms with Crippen LogP contribution in [0.25, 0.3) is 0 Å². The minimum Gasteiger partial charge on any atom is -0.481 e. The van der Waals surface area contributed by atoms with Gasteiger partial charge in [0.25, 0.3) is 0 Å². The molecule has 1 aliphatic carbocycles. The van der Waals surface area contributed by atoms with Crippen molar-refractivity contribution in [1.29, 1.82) is 0 Å². The number of hydrogen-bond donors (Lipinski definition) is 1. The van der Waals surface area contributed by atoms with Gasteiger partial charge in [0.15, 0.2) is 0 Å². The second kappa shape index (κ2) is 4.57. The van der Waals surface area contributed by atoms with Crippen molar-refractivity contribution in [2.45, 2.75) is 25.7 Å². The molecule has 3 heteroatoms. The van der Waals surface area contributed by atoms with Crippen LogP contribution in [0.1, 0.15) is 23.3 Å². The zero-order chi connectivity index (χ0) is 13.3. The number of rotatable bonds is 3. The van der Waals surface area contributed by atoms with E-state index in [-0.39, 0.29) is 0 Å². The Hall–Kier alpha value is -2.03. The SMILES string of the molecule is O=C(O)C1(Cc2ccco2)CCc2ccccc2C1. The lowest BCUT2D eigenvalue weighted by atomic mass is 9.69. The molecule has 2 aromatic rings. The summed E-state index contributed by atoms with van der Waals surface area (Å²) < 4.78 is 5.34. The largest absolute Gasteiger partial charge is 0.481 e. The van der Waals surface area contributed by atoms with Gasteiger partial charge in [-0.05, 0) is 42.5 Å². The van der Waals surface area contributed by atoms with Crippen molar-refractivity contribution in [3.8, 4) is 0 Å². The predicted octanol–water partition coefficient (Wildman–Crippen LogP) is 3.08. The highest BCUT2D eigenvalue weighted by atomic mass is 16.4. The molecule has 1 aromatic heterocycles. The van der Waals surface area contributed by atoms with Gasteiger partial charge in [-0.2, -0.15) is 0 Å². The molecule has 1 aliphatic rings. The van der Waals surface area contributed by atoms with E-state index in [1.807, 2.05) is 30.3 Å². The van der Waals surface area contributed by atoms with Gasteiger partial charge in [0, 0.05) is 6.42 Å². The van der Waals surface area contributed by atoms with Crippen LogP contribution in [0.15, 0.2) is 47.1 Å². The van der Waals surface area contributed by atoms with Crippen LogP contribution >= 0.6 is 0 Å². The third kappa shape index (κ3) is 2.16. The average Bonchev–Trinajstić information content (AvgIpc) is 2.91. The standard InChI is InChI=1S/C16H16O3/c17-15(18)16(11-14-6-3-9-19-14)8-7-12-4-1-2-5-13(12)10-16/h1-6,9H,7-8,10-11H2,(H,17,18). The Bertz CT molecular complexity index is 586. The van der Waals surface area contributed by atoms with Crippen LogP contribution in [0, 0.1) is 5.41 Å². The number of fused-ring (bicyclic) bond motifs is 1. The van der Waals surface area contributed by atoms with Gasteiger partial charge in [-0.3, -0.25) is 4.79 Å². The zero-order valence-electron chi connectivity index (χ0n) is 10.6.